The third kappa shape index (κ3) is 3.89. The molecule has 0 radical (unpaired) electrons. The SMILES string of the molecule is COc1cc(O)c(C(C#Cc2ccccc2)c2ccccc2)c(OC)c1OC. The maximum Gasteiger partial charge on any atom is 0.203 e. The first-order valence-corrected chi connectivity index (χ1v) is 8.83. The lowest BCUT2D eigenvalue weighted by molar-refractivity contribution is 0.317. The Kier molecular flexibility index (Phi) is 6.08. The third-order valence-electron chi connectivity index (χ3n) is 4.40. The molecule has 1 atom stereocenters. The van der Waals surface area contributed by atoms with E-state index in [0.717, 1.165) is 11.1 Å². The van der Waals surface area contributed by atoms with Crippen LogP contribution >= 0.6 is 0 Å². The van der Waals surface area contributed by atoms with Gasteiger partial charge in [0.1, 0.15) is 5.75 Å². The Morgan fingerprint density at radius 3 is 1.96 bits per heavy atom. The van der Waals surface area contributed by atoms with Crippen LogP contribution in [0.3, 0.4) is 0 Å². The molecule has 0 spiro atoms. The Labute approximate surface area is 165 Å². The number of aromatic hydroxyl groups is 1. The van der Waals surface area contributed by atoms with E-state index in [2.05, 4.69) is 11.8 Å². The number of phenolic OH excluding ortho intramolecular Hbond substituents is 1. The lowest BCUT2D eigenvalue weighted by atomic mass is 9.89. The monoisotopic (exact) mass is 374 g/mol. The molecular formula is C24H22O4. The van der Waals surface area contributed by atoms with Crippen molar-refractivity contribution in [1.82, 2.24) is 0 Å². The molecule has 0 fully saturated rings. The molecule has 0 heterocycles. The van der Waals surface area contributed by atoms with Crippen LogP contribution in [0.5, 0.6) is 23.0 Å². The summed E-state index contributed by atoms with van der Waals surface area (Å²) in [4.78, 5) is 0. The summed E-state index contributed by atoms with van der Waals surface area (Å²) in [6.45, 7) is 0. The van der Waals surface area contributed by atoms with Gasteiger partial charge in [0.05, 0.1) is 32.8 Å². The molecule has 0 aliphatic carbocycles. The highest BCUT2D eigenvalue weighted by molar-refractivity contribution is 5.65. The largest absolute Gasteiger partial charge is 0.507 e. The second kappa shape index (κ2) is 8.88. The summed E-state index contributed by atoms with van der Waals surface area (Å²) in [6.07, 6.45) is 0. The fourth-order valence-corrected chi connectivity index (χ4v) is 3.09. The van der Waals surface area contributed by atoms with Gasteiger partial charge in [0.25, 0.3) is 0 Å². The number of hydrogen-bond donors (Lipinski definition) is 1. The van der Waals surface area contributed by atoms with E-state index in [-0.39, 0.29) is 5.75 Å². The molecule has 3 aromatic carbocycles. The van der Waals surface area contributed by atoms with Crippen molar-refractivity contribution in [2.75, 3.05) is 21.3 Å². The first-order valence-electron chi connectivity index (χ1n) is 8.83. The number of hydrogen-bond acceptors (Lipinski definition) is 4. The summed E-state index contributed by atoms with van der Waals surface area (Å²) in [5, 5.41) is 10.8. The second-order valence-corrected chi connectivity index (χ2v) is 6.06. The van der Waals surface area contributed by atoms with Crippen LogP contribution in [-0.4, -0.2) is 26.4 Å². The van der Waals surface area contributed by atoms with Crippen LogP contribution in [0, 0.1) is 11.8 Å². The Balaban J connectivity index is 2.23. The summed E-state index contributed by atoms with van der Waals surface area (Å²) in [7, 11) is 4.58. The Morgan fingerprint density at radius 1 is 0.786 bits per heavy atom. The van der Waals surface area contributed by atoms with Crippen LogP contribution in [-0.2, 0) is 0 Å². The fraction of sp³-hybridized carbons (Fsp3) is 0.167. The molecule has 4 nitrogen and oxygen atoms in total. The van der Waals surface area contributed by atoms with Crippen molar-refractivity contribution in [3.8, 4) is 34.8 Å². The van der Waals surface area contributed by atoms with Gasteiger partial charge in [0.15, 0.2) is 11.5 Å². The van der Waals surface area contributed by atoms with Crippen LogP contribution in [0.2, 0.25) is 0 Å². The van der Waals surface area contributed by atoms with Gasteiger partial charge in [-0.2, -0.15) is 0 Å². The molecule has 0 aliphatic heterocycles. The molecule has 0 saturated heterocycles. The van der Waals surface area contributed by atoms with Crippen LogP contribution in [0.25, 0.3) is 0 Å². The van der Waals surface area contributed by atoms with E-state index in [4.69, 9.17) is 14.2 Å². The number of ether oxygens (including phenoxy) is 3. The van der Waals surface area contributed by atoms with Crippen molar-refractivity contribution in [3.05, 3.63) is 83.4 Å². The van der Waals surface area contributed by atoms with Crippen LogP contribution in [0.15, 0.2) is 66.7 Å². The van der Waals surface area contributed by atoms with E-state index in [0.29, 0.717) is 22.8 Å². The highest BCUT2D eigenvalue weighted by Gasteiger charge is 2.27. The molecule has 0 aromatic heterocycles. The zero-order valence-corrected chi connectivity index (χ0v) is 16.1. The minimum Gasteiger partial charge on any atom is -0.507 e. The minimum absolute atomic E-state index is 0.0331. The molecule has 142 valence electrons. The number of phenols is 1. The van der Waals surface area contributed by atoms with Gasteiger partial charge in [0, 0.05) is 11.6 Å². The normalized spacial score (nSPS) is 11.1. The first-order chi connectivity index (χ1) is 13.7. The standard InChI is InChI=1S/C24H22O4/c1-26-21-16-20(25)22(24(28-3)23(21)27-2)19(18-12-8-5-9-13-18)15-14-17-10-6-4-7-11-17/h4-13,16,19,25H,1-3H3. The molecule has 0 aliphatic rings. The lowest BCUT2D eigenvalue weighted by Gasteiger charge is -2.21. The Hall–Kier alpha value is -3.58. The summed E-state index contributed by atoms with van der Waals surface area (Å²) in [5.41, 5.74) is 2.36. The lowest BCUT2D eigenvalue weighted by Crippen LogP contribution is -2.05. The van der Waals surface area contributed by atoms with Gasteiger partial charge < -0.3 is 19.3 Å². The molecule has 28 heavy (non-hydrogen) atoms. The second-order valence-electron chi connectivity index (χ2n) is 6.06. The number of benzene rings is 3. The molecule has 0 amide bonds. The van der Waals surface area contributed by atoms with Crippen molar-refractivity contribution >= 4 is 0 Å². The van der Waals surface area contributed by atoms with Gasteiger partial charge in [-0.1, -0.05) is 60.4 Å². The van der Waals surface area contributed by atoms with Gasteiger partial charge in [-0.05, 0) is 17.7 Å². The summed E-state index contributed by atoms with van der Waals surface area (Å²) < 4.78 is 16.4. The molecule has 0 saturated carbocycles. The van der Waals surface area contributed by atoms with Crippen molar-refractivity contribution in [2.24, 2.45) is 0 Å². The van der Waals surface area contributed by atoms with Crippen LogP contribution < -0.4 is 14.2 Å². The van der Waals surface area contributed by atoms with Gasteiger partial charge in [-0.15, -0.1) is 0 Å². The topological polar surface area (TPSA) is 47.9 Å². The van der Waals surface area contributed by atoms with Gasteiger partial charge in [-0.25, -0.2) is 0 Å². The molecule has 4 heteroatoms. The summed E-state index contributed by atoms with van der Waals surface area (Å²) in [6, 6.07) is 21.0. The fourth-order valence-electron chi connectivity index (χ4n) is 3.09. The Bertz CT molecular complexity index is 986. The molecule has 0 bridgehead atoms. The van der Waals surface area contributed by atoms with E-state index in [9.17, 15) is 5.11 Å². The van der Waals surface area contributed by atoms with Gasteiger partial charge in [0.2, 0.25) is 5.75 Å². The zero-order valence-electron chi connectivity index (χ0n) is 16.1. The van der Waals surface area contributed by atoms with Crippen LogP contribution in [0.4, 0.5) is 0 Å². The molecule has 1 unspecified atom stereocenters. The molecule has 3 aromatic rings. The maximum absolute atomic E-state index is 10.8. The summed E-state index contributed by atoms with van der Waals surface area (Å²) >= 11 is 0. The van der Waals surface area contributed by atoms with Crippen molar-refractivity contribution in [1.29, 1.82) is 0 Å². The van der Waals surface area contributed by atoms with Gasteiger partial charge in [-0.3, -0.25) is 0 Å². The predicted octanol–water partition coefficient (Wildman–Crippen LogP) is 4.60. The summed E-state index contributed by atoms with van der Waals surface area (Å²) in [5.74, 6) is 7.30. The highest BCUT2D eigenvalue weighted by atomic mass is 16.5. The minimum atomic E-state index is -0.420. The third-order valence-corrected chi connectivity index (χ3v) is 4.40. The quantitative estimate of drug-likeness (QED) is 0.663. The van der Waals surface area contributed by atoms with Gasteiger partial charge >= 0.3 is 0 Å². The Morgan fingerprint density at radius 2 is 1.39 bits per heavy atom. The average Bonchev–Trinajstić information content (AvgIpc) is 2.75. The van der Waals surface area contributed by atoms with Crippen molar-refractivity contribution in [2.45, 2.75) is 5.92 Å². The number of methoxy groups -OCH3 is 3. The van der Waals surface area contributed by atoms with E-state index in [1.807, 2.05) is 60.7 Å². The van der Waals surface area contributed by atoms with E-state index in [1.54, 1.807) is 0 Å². The van der Waals surface area contributed by atoms with E-state index in [1.165, 1.54) is 27.4 Å². The molecule has 1 N–H and O–H groups in total. The molecule has 3 rings (SSSR count). The highest BCUT2D eigenvalue weighted by Crippen LogP contribution is 2.48. The predicted molar refractivity (Wildman–Crippen MR) is 109 cm³/mol. The average molecular weight is 374 g/mol. The van der Waals surface area contributed by atoms with E-state index >= 15 is 0 Å². The van der Waals surface area contributed by atoms with Crippen molar-refractivity contribution in [3.63, 3.8) is 0 Å². The first kappa shape index (κ1) is 19.2. The number of rotatable bonds is 5. The zero-order chi connectivity index (χ0) is 19.9. The smallest absolute Gasteiger partial charge is 0.203 e. The maximum atomic E-state index is 10.8. The van der Waals surface area contributed by atoms with E-state index < -0.39 is 5.92 Å². The molecular weight excluding hydrogens is 352 g/mol. The van der Waals surface area contributed by atoms with Crippen molar-refractivity contribution < 1.29 is 19.3 Å². The van der Waals surface area contributed by atoms with Crippen LogP contribution in [0.1, 0.15) is 22.6 Å².